The number of nitrogens with one attached hydrogen (secondary N) is 1. The SMILES string of the molecule is CCc1cccc(C)c1NC(CC)c1ccc(Cl)cc1. The third kappa shape index (κ3) is 3.34. The van der Waals surface area contributed by atoms with E-state index in [1.54, 1.807) is 0 Å². The van der Waals surface area contributed by atoms with Gasteiger partial charge in [-0.15, -0.1) is 0 Å². The zero-order chi connectivity index (χ0) is 14.5. The number of hydrogen-bond acceptors (Lipinski definition) is 1. The number of rotatable bonds is 5. The Morgan fingerprint density at radius 2 is 1.75 bits per heavy atom. The molecular formula is C18H22ClN. The maximum atomic E-state index is 5.97. The second kappa shape index (κ2) is 6.81. The maximum Gasteiger partial charge on any atom is 0.0511 e. The lowest BCUT2D eigenvalue weighted by Crippen LogP contribution is -2.12. The van der Waals surface area contributed by atoms with Crippen LogP contribution in [0.1, 0.15) is 43.0 Å². The number of benzene rings is 2. The minimum Gasteiger partial charge on any atom is -0.378 e. The van der Waals surface area contributed by atoms with Gasteiger partial charge in [0.1, 0.15) is 0 Å². The predicted molar refractivity (Wildman–Crippen MR) is 88.7 cm³/mol. The Balaban J connectivity index is 2.29. The largest absolute Gasteiger partial charge is 0.378 e. The summed E-state index contributed by atoms with van der Waals surface area (Å²) >= 11 is 5.97. The van der Waals surface area contributed by atoms with Gasteiger partial charge in [0.15, 0.2) is 0 Å². The number of halogens is 1. The second-order valence-corrected chi connectivity index (χ2v) is 5.56. The van der Waals surface area contributed by atoms with E-state index < -0.39 is 0 Å². The second-order valence-electron chi connectivity index (χ2n) is 5.12. The van der Waals surface area contributed by atoms with E-state index in [0.717, 1.165) is 17.9 Å². The van der Waals surface area contributed by atoms with Crippen molar-refractivity contribution in [1.29, 1.82) is 0 Å². The zero-order valence-electron chi connectivity index (χ0n) is 12.4. The molecule has 1 N–H and O–H groups in total. The van der Waals surface area contributed by atoms with Crippen molar-refractivity contribution in [3.8, 4) is 0 Å². The fraction of sp³-hybridized carbons (Fsp3) is 0.333. The highest BCUT2D eigenvalue weighted by Gasteiger charge is 2.12. The molecule has 0 aromatic heterocycles. The van der Waals surface area contributed by atoms with Gasteiger partial charge in [0, 0.05) is 10.7 Å². The Hall–Kier alpha value is -1.47. The van der Waals surface area contributed by atoms with Crippen molar-refractivity contribution in [3.63, 3.8) is 0 Å². The van der Waals surface area contributed by atoms with Crippen LogP contribution in [0.5, 0.6) is 0 Å². The van der Waals surface area contributed by atoms with Crippen LogP contribution >= 0.6 is 11.6 Å². The van der Waals surface area contributed by atoms with Gasteiger partial charge in [-0.05, 0) is 48.6 Å². The summed E-state index contributed by atoms with van der Waals surface area (Å²) in [4.78, 5) is 0. The first-order chi connectivity index (χ1) is 9.65. The number of hydrogen-bond donors (Lipinski definition) is 1. The van der Waals surface area contributed by atoms with Crippen molar-refractivity contribution in [3.05, 3.63) is 64.2 Å². The van der Waals surface area contributed by atoms with E-state index in [-0.39, 0.29) is 0 Å². The highest BCUT2D eigenvalue weighted by Crippen LogP contribution is 2.28. The predicted octanol–water partition coefficient (Wildman–Crippen LogP) is 5.77. The number of aryl methyl sites for hydroxylation is 2. The summed E-state index contributed by atoms with van der Waals surface area (Å²) in [6, 6.07) is 14.9. The van der Waals surface area contributed by atoms with Gasteiger partial charge in [-0.3, -0.25) is 0 Å². The van der Waals surface area contributed by atoms with Crippen molar-refractivity contribution in [2.45, 2.75) is 39.7 Å². The van der Waals surface area contributed by atoms with Crippen LogP contribution in [0.15, 0.2) is 42.5 Å². The molecule has 1 atom stereocenters. The molecule has 0 aliphatic heterocycles. The molecule has 1 nitrogen and oxygen atoms in total. The van der Waals surface area contributed by atoms with E-state index in [4.69, 9.17) is 11.6 Å². The van der Waals surface area contributed by atoms with Gasteiger partial charge in [0.2, 0.25) is 0 Å². The van der Waals surface area contributed by atoms with Crippen LogP contribution in [0.25, 0.3) is 0 Å². The molecule has 20 heavy (non-hydrogen) atoms. The average Bonchev–Trinajstić information content (AvgIpc) is 2.47. The molecule has 0 amide bonds. The number of anilines is 1. The fourth-order valence-electron chi connectivity index (χ4n) is 2.52. The molecule has 0 radical (unpaired) electrons. The first-order valence-electron chi connectivity index (χ1n) is 7.26. The molecule has 0 aliphatic carbocycles. The molecule has 0 bridgehead atoms. The highest BCUT2D eigenvalue weighted by atomic mass is 35.5. The summed E-state index contributed by atoms with van der Waals surface area (Å²) in [6.07, 6.45) is 2.08. The normalized spacial score (nSPS) is 12.2. The maximum absolute atomic E-state index is 5.97. The molecule has 2 heteroatoms. The van der Waals surface area contributed by atoms with Gasteiger partial charge in [-0.1, -0.05) is 55.8 Å². The van der Waals surface area contributed by atoms with Gasteiger partial charge >= 0.3 is 0 Å². The molecule has 0 saturated heterocycles. The molecule has 0 saturated carbocycles. The first-order valence-corrected chi connectivity index (χ1v) is 7.64. The summed E-state index contributed by atoms with van der Waals surface area (Å²) in [7, 11) is 0. The first kappa shape index (κ1) is 14.9. The van der Waals surface area contributed by atoms with Crippen LogP contribution in [0, 0.1) is 6.92 Å². The van der Waals surface area contributed by atoms with Crippen LogP contribution in [0.4, 0.5) is 5.69 Å². The van der Waals surface area contributed by atoms with Crippen LogP contribution < -0.4 is 5.32 Å². The molecule has 2 aromatic carbocycles. The van der Waals surface area contributed by atoms with Crippen molar-refractivity contribution >= 4 is 17.3 Å². The molecule has 106 valence electrons. The summed E-state index contributed by atoms with van der Waals surface area (Å²) < 4.78 is 0. The van der Waals surface area contributed by atoms with Crippen molar-refractivity contribution in [1.82, 2.24) is 0 Å². The summed E-state index contributed by atoms with van der Waals surface area (Å²) in [5.41, 5.74) is 5.23. The zero-order valence-corrected chi connectivity index (χ0v) is 13.2. The van der Waals surface area contributed by atoms with Gasteiger partial charge in [-0.2, -0.15) is 0 Å². The Kier molecular flexibility index (Phi) is 5.08. The summed E-state index contributed by atoms with van der Waals surface area (Å²) in [5.74, 6) is 0. The van der Waals surface area contributed by atoms with Gasteiger partial charge in [0.05, 0.1) is 6.04 Å². The van der Waals surface area contributed by atoms with Crippen molar-refractivity contribution in [2.75, 3.05) is 5.32 Å². The monoisotopic (exact) mass is 287 g/mol. The van der Waals surface area contributed by atoms with Crippen molar-refractivity contribution < 1.29 is 0 Å². The molecule has 0 spiro atoms. The minimum absolute atomic E-state index is 0.318. The third-order valence-electron chi connectivity index (χ3n) is 3.74. The molecule has 1 unspecified atom stereocenters. The lowest BCUT2D eigenvalue weighted by molar-refractivity contribution is 0.746. The summed E-state index contributed by atoms with van der Waals surface area (Å²) in [5, 5.41) is 4.50. The highest BCUT2D eigenvalue weighted by molar-refractivity contribution is 6.30. The van der Waals surface area contributed by atoms with Gasteiger partial charge in [-0.25, -0.2) is 0 Å². The molecule has 0 fully saturated rings. The molecule has 0 aliphatic rings. The van der Waals surface area contributed by atoms with E-state index in [1.807, 2.05) is 12.1 Å². The standard InChI is InChI=1S/C18H22ClN/c1-4-14-8-6-7-13(3)18(14)20-17(5-2)15-9-11-16(19)12-10-15/h6-12,17,20H,4-5H2,1-3H3. The Morgan fingerprint density at radius 1 is 1.05 bits per heavy atom. The van der Waals surface area contributed by atoms with E-state index in [1.165, 1.54) is 22.4 Å². The van der Waals surface area contributed by atoms with Crippen molar-refractivity contribution in [2.24, 2.45) is 0 Å². The summed E-state index contributed by atoms with van der Waals surface area (Å²) in [6.45, 7) is 6.56. The van der Waals surface area contributed by atoms with Crippen LogP contribution in [0.2, 0.25) is 5.02 Å². The molecular weight excluding hydrogens is 266 g/mol. The average molecular weight is 288 g/mol. The minimum atomic E-state index is 0.318. The van der Waals surface area contributed by atoms with Gasteiger partial charge < -0.3 is 5.32 Å². The van der Waals surface area contributed by atoms with Crippen LogP contribution in [-0.2, 0) is 6.42 Å². The Bertz CT molecular complexity index is 560. The lowest BCUT2D eigenvalue weighted by Gasteiger charge is -2.22. The molecule has 0 heterocycles. The molecule has 2 rings (SSSR count). The third-order valence-corrected chi connectivity index (χ3v) is 3.99. The Morgan fingerprint density at radius 3 is 2.35 bits per heavy atom. The topological polar surface area (TPSA) is 12.0 Å². The van der Waals surface area contributed by atoms with E-state index in [9.17, 15) is 0 Å². The van der Waals surface area contributed by atoms with Gasteiger partial charge in [0.25, 0.3) is 0 Å². The fourth-order valence-corrected chi connectivity index (χ4v) is 2.65. The lowest BCUT2D eigenvalue weighted by atomic mass is 10.0. The van der Waals surface area contributed by atoms with E-state index in [0.29, 0.717) is 6.04 Å². The number of para-hydroxylation sites is 1. The van der Waals surface area contributed by atoms with E-state index >= 15 is 0 Å². The van der Waals surface area contributed by atoms with E-state index in [2.05, 4.69) is 56.4 Å². The van der Waals surface area contributed by atoms with Crippen LogP contribution in [0.3, 0.4) is 0 Å². The van der Waals surface area contributed by atoms with Crippen LogP contribution in [-0.4, -0.2) is 0 Å². The quantitative estimate of drug-likeness (QED) is 0.735. The Labute approximate surface area is 127 Å². The molecule has 2 aromatic rings. The smallest absolute Gasteiger partial charge is 0.0511 e.